The molecule has 0 unspecified atom stereocenters. The summed E-state index contributed by atoms with van der Waals surface area (Å²) in [5.74, 6) is -0.0695. The predicted molar refractivity (Wildman–Crippen MR) is 86.7 cm³/mol. The Morgan fingerprint density at radius 1 is 1.09 bits per heavy atom. The fourth-order valence-corrected chi connectivity index (χ4v) is 2.24. The van der Waals surface area contributed by atoms with Gasteiger partial charge in [-0.1, -0.05) is 12.1 Å². The Morgan fingerprint density at radius 2 is 1.77 bits per heavy atom. The summed E-state index contributed by atoms with van der Waals surface area (Å²) in [6, 6.07) is 13.1. The molecule has 3 aromatic rings. The molecule has 0 radical (unpaired) electrons. The van der Waals surface area contributed by atoms with Gasteiger partial charge in [0.15, 0.2) is 5.78 Å². The third-order valence-corrected chi connectivity index (χ3v) is 3.73. The van der Waals surface area contributed by atoms with Gasteiger partial charge in [-0.25, -0.2) is 4.39 Å². The molecule has 2 aromatic carbocycles. The minimum Gasteiger partial charge on any atom is -0.292 e. The maximum absolute atomic E-state index is 12.9. The maximum Gasteiger partial charge on any atom is 0.204 e. The van der Waals surface area contributed by atoms with E-state index in [-0.39, 0.29) is 18.1 Å². The van der Waals surface area contributed by atoms with Gasteiger partial charge in [0.2, 0.25) is 5.82 Å². The number of carbonyl (C=O) groups is 1. The lowest BCUT2D eigenvalue weighted by atomic mass is 10.1. The van der Waals surface area contributed by atoms with Crippen LogP contribution in [0.15, 0.2) is 48.5 Å². The Kier molecular flexibility index (Phi) is 4.23. The van der Waals surface area contributed by atoms with E-state index in [0.29, 0.717) is 17.0 Å². The Morgan fingerprint density at radius 3 is 2.45 bits per heavy atom. The van der Waals surface area contributed by atoms with Crippen molar-refractivity contribution in [2.45, 2.75) is 6.54 Å². The van der Waals surface area contributed by atoms with E-state index in [1.807, 2.05) is 12.1 Å². The highest BCUT2D eigenvalue weighted by molar-refractivity contribution is 14.1. The molecule has 0 aliphatic carbocycles. The van der Waals surface area contributed by atoms with Crippen LogP contribution in [-0.2, 0) is 6.54 Å². The van der Waals surface area contributed by atoms with E-state index >= 15 is 0 Å². The third-order valence-electron chi connectivity index (χ3n) is 3.01. The summed E-state index contributed by atoms with van der Waals surface area (Å²) < 4.78 is 14.0. The fraction of sp³-hybridized carbons (Fsp3) is 0.0667. The first-order valence-electron chi connectivity index (χ1n) is 6.44. The standard InChI is InChI=1S/C15H10FIN4O/c16-12-5-1-11(2-6-12)15-18-20-21(19-15)9-14(22)10-3-7-13(17)8-4-10/h1-8H,9H2. The van der Waals surface area contributed by atoms with E-state index in [0.717, 1.165) is 3.57 Å². The van der Waals surface area contributed by atoms with Crippen LogP contribution >= 0.6 is 22.6 Å². The average molecular weight is 408 g/mol. The van der Waals surface area contributed by atoms with Gasteiger partial charge in [-0.3, -0.25) is 4.79 Å². The van der Waals surface area contributed by atoms with Crippen molar-refractivity contribution < 1.29 is 9.18 Å². The van der Waals surface area contributed by atoms with Crippen molar-refractivity contribution in [2.75, 3.05) is 0 Å². The summed E-state index contributed by atoms with van der Waals surface area (Å²) in [5.41, 5.74) is 1.25. The molecule has 110 valence electrons. The molecule has 22 heavy (non-hydrogen) atoms. The molecule has 0 saturated heterocycles. The third kappa shape index (κ3) is 3.35. The summed E-state index contributed by atoms with van der Waals surface area (Å²) in [5, 5.41) is 11.9. The molecule has 0 saturated carbocycles. The van der Waals surface area contributed by atoms with Crippen LogP contribution in [0.1, 0.15) is 10.4 Å². The quantitative estimate of drug-likeness (QED) is 0.492. The monoisotopic (exact) mass is 408 g/mol. The minimum absolute atomic E-state index is 0.00872. The van der Waals surface area contributed by atoms with Gasteiger partial charge in [-0.2, -0.15) is 4.80 Å². The zero-order valence-electron chi connectivity index (χ0n) is 11.3. The second-order valence-electron chi connectivity index (χ2n) is 4.58. The molecule has 1 aromatic heterocycles. The van der Waals surface area contributed by atoms with E-state index in [1.54, 1.807) is 24.3 Å². The molecule has 3 rings (SSSR count). The van der Waals surface area contributed by atoms with Gasteiger partial charge >= 0.3 is 0 Å². The van der Waals surface area contributed by atoms with Crippen LogP contribution < -0.4 is 0 Å². The highest BCUT2D eigenvalue weighted by Crippen LogP contribution is 2.14. The first-order chi connectivity index (χ1) is 10.6. The van der Waals surface area contributed by atoms with Crippen LogP contribution in [0, 0.1) is 9.39 Å². The smallest absolute Gasteiger partial charge is 0.204 e. The van der Waals surface area contributed by atoms with E-state index in [1.165, 1.54) is 16.9 Å². The minimum atomic E-state index is -0.329. The second-order valence-corrected chi connectivity index (χ2v) is 5.83. The lowest BCUT2D eigenvalue weighted by Gasteiger charge is -2.00. The topological polar surface area (TPSA) is 60.7 Å². The number of tetrazole rings is 1. The number of aromatic nitrogens is 4. The van der Waals surface area contributed by atoms with Gasteiger partial charge in [0.05, 0.1) is 0 Å². The molecular weight excluding hydrogens is 398 g/mol. The normalized spacial score (nSPS) is 10.6. The first kappa shape index (κ1) is 14.8. The number of carbonyl (C=O) groups excluding carboxylic acids is 1. The number of hydrogen-bond acceptors (Lipinski definition) is 4. The second kappa shape index (κ2) is 6.30. The summed E-state index contributed by atoms with van der Waals surface area (Å²) in [6.07, 6.45) is 0. The number of benzene rings is 2. The molecule has 0 aliphatic heterocycles. The average Bonchev–Trinajstić information content (AvgIpc) is 2.97. The Bertz CT molecular complexity index is 799. The van der Waals surface area contributed by atoms with Crippen LogP contribution in [0.25, 0.3) is 11.4 Å². The molecule has 0 aliphatic rings. The molecule has 5 nitrogen and oxygen atoms in total. The fourth-order valence-electron chi connectivity index (χ4n) is 1.88. The summed E-state index contributed by atoms with van der Waals surface area (Å²) in [4.78, 5) is 13.4. The van der Waals surface area contributed by atoms with Crippen molar-refractivity contribution in [3.05, 3.63) is 63.5 Å². The van der Waals surface area contributed by atoms with Crippen molar-refractivity contribution >= 4 is 28.4 Å². The molecular formula is C15H10FIN4O. The van der Waals surface area contributed by atoms with Gasteiger partial charge in [0, 0.05) is 14.7 Å². The molecule has 0 fully saturated rings. The number of halogens is 2. The van der Waals surface area contributed by atoms with Crippen molar-refractivity contribution in [3.8, 4) is 11.4 Å². The van der Waals surface area contributed by atoms with E-state index in [9.17, 15) is 9.18 Å². The van der Waals surface area contributed by atoms with Crippen LogP contribution in [0.2, 0.25) is 0 Å². The van der Waals surface area contributed by atoms with Crippen molar-refractivity contribution in [2.24, 2.45) is 0 Å². The summed E-state index contributed by atoms with van der Waals surface area (Å²) >= 11 is 2.18. The number of nitrogens with zero attached hydrogens (tertiary/aromatic N) is 4. The van der Waals surface area contributed by atoms with Gasteiger partial charge < -0.3 is 0 Å². The number of ketones is 1. The van der Waals surface area contributed by atoms with Gasteiger partial charge in [0.1, 0.15) is 12.4 Å². The van der Waals surface area contributed by atoms with Crippen molar-refractivity contribution in [1.29, 1.82) is 0 Å². The summed E-state index contributed by atoms with van der Waals surface area (Å²) in [6.45, 7) is 0.00872. The highest BCUT2D eigenvalue weighted by atomic mass is 127. The molecule has 0 amide bonds. The zero-order chi connectivity index (χ0) is 15.5. The highest BCUT2D eigenvalue weighted by Gasteiger charge is 2.11. The van der Waals surface area contributed by atoms with Crippen LogP contribution in [0.4, 0.5) is 4.39 Å². The Hall–Kier alpha value is -2.16. The number of Topliss-reactive ketones (excluding diaryl/α,β-unsaturated/α-hetero) is 1. The van der Waals surface area contributed by atoms with Crippen molar-refractivity contribution in [3.63, 3.8) is 0 Å². The van der Waals surface area contributed by atoms with Crippen LogP contribution in [-0.4, -0.2) is 26.0 Å². The molecule has 0 N–H and O–H groups in total. The SMILES string of the molecule is O=C(Cn1nnc(-c2ccc(F)cc2)n1)c1ccc(I)cc1. The molecule has 0 atom stereocenters. The Balaban J connectivity index is 1.75. The Labute approximate surface area is 139 Å². The van der Waals surface area contributed by atoms with Gasteiger partial charge in [0.25, 0.3) is 0 Å². The first-order valence-corrected chi connectivity index (χ1v) is 7.52. The maximum atomic E-state index is 12.9. The molecule has 0 bridgehead atoms. The van der Waals surface area contributed by atoms with Crippen LogP contribution in [0.3, 0.4) is 0 Å². The van der Waals surface area contributed by atoms with E-state index in [2.05, 4.69) is 38.0 Å². The molecule has 1 heterocycles. The summed E-state index contributed by atoms with van der Waals surface area (Å²) in [7, 11) is 0. The lowest BCUT2D eigenvalue weighted by molar-refractivity contribution is 0.0961. The largest absolute Gasteiger partial charge is 0.292 e. The van der Waals surface area contributed by atoms with E-state index in [4.69, 9.17) is 0 Å². The number of hydrogen-bond donors (Lipinski definition) is 0. The van der Waals surface area contributed by atoms with Crippen LogP contribution in [0.5, 0.6) is 0 Å². The molecule has 7 heteroatoms. The lowest BCUT2D eigenvalue weighted by Crippen LogP contribution is -2.13. The van der Waals surface area contributed by atoms with E-state index < -0.39 is 0 Å². The molecule has 0 spiro atoms. The van der Waals surface area contributed by atoms with Gasteiger partial charge in [-0.05, 0) is 64.2 Å². The predicted octanol–water partition coefficient (Wildman–Crippen LogP) is 2.97. The zero-order valence-corrected chi connectivity index (χ0v) is 13.4. The number of rotatable bonds is 4. The van der Waals surface area contributed by atoms with Gasteiger partial charge in [-0.15, -0.1) is 10.2 Å². The van der Waals surface area contributed by atoms with Crippen molar-refractivity contribution in [1.82, 2.24) is 20.2 Å².